The Morgan fingerprint density at radius 2 is 1.36 bits per heavy atom. The van der Waals surface area contributed by atoms with Gasteiger partial charge in [-0.1, -0.05) is 47.9 Å². The fraction of sp³-hybridized carbons (Fsp3) is 0.105. The topological polar surface area (TPSA) is 25.8 Å². The van der Waals surface area contributed by atoms with Gasteiger partial charge >= 0.3 is 99.8 Å². The Morgan fingerprint density at radius 3 is 2.14 bits per heavy atom. The zero-order valence-electron chi connectivity index (χ0n) is 24.9. The molecule has 0 saturated carbocycles. The summed E-state index contributed by atoms with van der Waals surface area (Å²) >= 11 is 1.97. The summed E-state index contributed by atoms with van der Waals surface area (Å²) in [7, 11) is 0. The minimum Gasteiger partial charge on any atom is 0 e. The summed E-state index contributed by atoms with van der Waals surface area (Å²) < 4.78 is 6.67. The monoisotopic (exact) mass is 845 g/mol. The second kappa shape index (κ2) is 12.7. The van der Waals surface area contributed by atoms with Crippen molar-refractivity contribution in [2.24, 2.45) is 0 Å². The summed E-state index contributed by atoms with van der Waals surface area (Å²) in [6.07, 6.45) is 4.07. The third-order valence-corrected chi connectivity index (χ3v) is 14.6. The fourth-order valence-electron chi connectivity index (χ4n) is 5.40. The Balaban J connectivity index is 0.000000174. The van der Waals surface area contributed by atoms with Crippen LogP contribution in [0, 0.1) is 19.1 Å². The molecular formula is C38H30GeIrN2S2-2. The third kappa shape index (κ3) is 5.92. The number of hydrogen-bond acceptors (Lipinski definition) is 4. The van der Waals surface area contributed by atoms with Gasteiger partial charge in [-0.15, -0.1) is 35.1 Å². The summed E-state index contributed by atoms with van der Waals surface area (Å²) in [6, 6.07) is 40.5. The van der Waals surface area contributed by atoms with Crippen LogP contribution in [0.25, 0.3) is 62.9 Å². The van der Waals surface area contributed by atoms with Crippen LogP contribution in [0.1, 0.15) is 5.56 Å². The number of thiophene rings is 2. The molecule has 0 bridgehead atoms. The van der Waals surface area contributed by atoms with Crippen LogP contribution >= 0.6 is 22.7 Å². The molecule has 0 amide bonds. The molecule has 1 radical (unpaired) electrons. The molecule has 4 heterocycles. The smallest absolute Gasteiger partial charge is 0 e. The summed E-state index contributed by atoms with van der Waals surface area (Å²) in [5.41, 5.74) is 5.51. The van der Waals surface area contributed by atoms with E-state index in [-0.39, 0.29) is 20.1 Å². The van der Waals surface area contributed by atoms with Crippen molar-refractivity contribution < 1.29 is 20.1 Å². The largest absolute Gasteiger partial charge is 0 e. The van der Waals surface area contributed by atoms with Crippen LogP contribution in [-0.4, -0.2) is 23.2 Å². The Bertz CT molecular complexity index is 2230. The Kier molecular flexibility index (Phi) is 8.87. The molecule has 0 unspecified atom stereocenters. The molecule has 0 atom stereocenters. The quantitative estimate of drug-likeness (QED) is 0.131. The average Bonchev–Trinajstić information content (AvgIpc) is 3.60. The molecule has 2 nitrogen and oxygen atoms in total. The number of nitrogens with zero attached hydrogens (tertiary/aromatic N) is 2. The fourth-order valence-corrected chi connectivity index (χ4v) is 9.96. The van der Waals surface area contributed by atoms with Crippen molar-refractivity contribution in [2.75, 3.05) is 0 Å². The minimum absolute atomic E-state index is 0. The maximum absolute atomic E-state index is 4.83. The van der Waals surface area contributed by atoms with Gasteiger partial charge in [0.05, 0.1) is 0 Å². The first kappa shape index (κ1) is 30.8. The van der Waals surface area contributed by atoms with Gasteiger partial charge in [0.1, 0.15) is 0 Å². The summed E-state index contributed by atoms with van der Waals surface area (Å²) in [6.45, 7) is 2.18. The SMILES string of the molecule is Cc1cccc2c1sc1cc(-c3[c-]ccc4c3sc3ccccc34)ncc12.[CH3][Ge]([CH3])([CH3])[c]1ccc(-c2[c-]cccc2)nc1.[Ir]. The number of pyridine rings is 2. The van der Waals surface area contributed by atoms with Gasteiger partial charge in [0.2, 0.25) is 0 Å². The van der Waals surface area contributed by atoms with E-state index in [2.05, 4.69) is 108 Å². The molecule has 4 aromatic heterocycles. The number of aromatic nitrogens is 2. The van der Waals surface area contributed by atoms with E-state index in [4.69, 9.17) is 4.98 Å². The van der Waals surface area contributed by atoms with E-state index in [1.165, 1.54) is 50.3 Å². The van der Waals surface area contributed by atoms with Crippen LogP contribution in [0.4, 0.5) is 0 Å². The van der Waals surface area contributed by atoms with Crippen molar-refractivity contribution in [3.8, 4) is 22.5 Å². The number of aryl methyl sites for hydroxylation is 1. The average molecular weight is 844 g/mol. The van der Waals surface area contributed by atoms with Gasteiger partial charge < -0.3 is 4.98 Å². The van der Waals surface area contributed by atoms with Gasteiger partial charge in [-0.05, 0) is 34.3 Å². The summed E-state index contributed by atoms with van der Waals surface area (Å²) in [5, 5.41) is 5.15. The van der Waals surface area contributed by atoms with Gasteiger partial charge in [-0.25, -0.2) is 0 Å². The van der Waals surface area contributed by atoms with Gasteiger partial charge in [-0.2, -0.15) is 11.3 Å². The van der Waals surface area contributed by atoms with Gasteiger partial charge in [0.15, 0.2) is 0 Å². The van der Waals surface area contributed by atoms with Crippen LogP contribution in [-0.2, 0) is 20.1 Å². The van der Waals surface area contributed by atoms with Crippen molar-refractivity contribution >= 4 is 80.7 Å². The van der Waals surface area contributed by atoms with Crippen LogP contribution in [0.15, 0.2) is 109 Å². The Hall–Kier alpha value is -3.19. The Morgan fingerprint density at radius 1 is 0.614 bits per heavy atom. The van der Waals surface area contributed by atoms with E-state index in [0.717, 1.165) is 22.5 Å². The van der Waals surface area contributed by atoms with E-state index in [9.17, 15) is 0 Å². The molecule has 0 fully saturated rings. The summed E-state index contributed by atoms with van der Waals surface area (Å²) in [5.74, 6) is 7.14. The van der Waals surface area contributed by atoms with Gasteiger partial charge in [0, 0.05) is 51.2 Å². The van der Waals surface area contributed by atoms with Crippen molar-refractivity contribution in [1.29, 1.82) is 0 Å². The molecule has 0 spiro atoms. The van der Waals surface area contributed by atoms with Gasteiger partial charge in [-0.3, -0.25) is 0 Å². The third-order valence-electron chi connectivity index (χ3n) is 7.79. The maximum Gasteiger partial charge on any atom is 0 e. The minimum atomic E-state index is -1.72. The molecule has 0 N–H and O–H groups in total. The first-order valence-corrected chi connectivity index (χ1v) is 23.4. The normalized spacial score (nSPS) is 11.5. The molecule has 6 heteroatoms. The number of fused-ring (bicyclic) bond motifs is 6. The van der Waals surface area contributed by atoms with Crippen LogP contribution < -0.4 is 4.40 Å². The first-order valence-electron chi connectivity index (χ1n) is 14.4. The molecule has 8 aromatic rings. The number of benzene rings is 4. The van der Waals surface area contributed by atoms with Gasteiger partial charge in [0.25, 0.3) is 0 Å². The Labute approximate surface area is 282 Å². The van der Waals surface area contributed by atoms with E-state index in [1.54, 1.807) is 0 Å². The van der Waals surface area contributed by atoms with Crippen molar-refractivity contribution in [2.45, 2.75) is 24.2 Å². The maximum atomic E-state index is 4.83. The van der Waals surface area contributed by atoms with Crippen LogP contribution in [0.3, 0.4) is 0 Å². The molecule has 219 valence electrons. The second-order valence-corrected chi connectivity index (χ2v) is 24.5. The van der Waals surface area contributed by atoms with Crippen molar-refractivity contribution in [3.05, 3.63) is 127 Å². The summed E-state index contributed by atoms with van der Waals surface area (Å²) in [4.78, 5) is 9.36. The molecular weight excluding hydrogens is 813 g/mol. The van der Waals surface area contributed by atoms with E-state index < -0.39 is 13.3 Å². The molecule has 44 heavy (non-hydrogen) atoms. The zero-order chi connectivity index (χ0) is 29.6. The van der Waals surface area contributed by atoms with Crippen LogP contribution in [0.2, 0.25) is 17.3 Å². The second-order valence-electron chi connectivity index (χ2n) is 11.8. The van der Waals surface area contributed by atoms with E-state index >= 15 is 0 Å². The molecule has 0 saturated heterocycles. The van der Waals surface area contributed by atoms with Crippen molar-refractivity contribution in [3.63, 3.8) is 0 Å². The molecule has 0 aliphatic carbocycles. The number of rotatable bonds is 3. The molecule has 4 aromatic carbocycles. The zero-order valence-corrected chi connectivity index (χ0v) is 31.1. The first-order chi connectivity index (χ1) is 20.9. The van der Waals surface area contributed by atoms with E-state index in [0.29, 0.717) is 0 Å². The van der Waals surface area contributed by atoms with Crippen LogP contribution in [0.5, 0.6) is 0 Å². The standard InChI is InChI=1S/C24H14NS2.C14H16GeN.Ir/c1-14-6-4-8-17-19-13-25-20(12-22(19)27-23(14)17)18-10-5-9-16-15-7-2-3-11-21(15)26-24(16)18;1-15(2,3)13-9-10-14(16-11-13)12-7-5-4-6-8-12;/h2-9,11-13H,1H3;4-7,9-11H,1-3H3;/q2*-1;. The van der Waals surface area contributed by atoms with E-state index in [1.807, 2.05) is 65.4 Å². The van der Waals surface area contributed by atoms with Crippen molar-refractivity contribution in [1.82, 2.24) is 9.97 Å². The number of hydrogen-bond donors (Lipinski definition) is 0. The molecule has 0 aliphatic rings. The molecule has 8 rings (SSSR count). The predicted molar refractivity (Wildman–Crippen MR) is 191 cm³/mol. The molecule has 0 aliphatic heterocycles. The predicted octanol–water partition coefficient (Wildman–Crippen LogP) is 10.7.